The highest BCUT2D eigenvalue weighted by molar-refractivity contribution is 14.1. The predicted molar refractivity (Wildman–Crippen MR) is 81.4 cm³/mol. The zero-order valence-electron chi connectivity index (χ0n) is 9.40. The fourth-order valence-electron chi connectivity index (χ4n) is 1.82. The molecule has 2 heterocycles. The molecule has 19 heavy (non-hydrogen) atoms. The van der Waals surface area contributed by atoms with Crippen molar-refractivity contribution in [3.05, 3.63) is 17.8 Å². The maximum Gasteiger partial charge on any atom is 0.352 e. The van der Waals surface area contributed by atoms with Gasteiger partial charge in [0.1, 0.15) is 27.8 Å². The van der Waals surface area contributed by atoms with E-state index in [2.05, 4.69) is 4.98 Å². The minimum Gasteiger partial charge on any atom is -0.394 e. The number of aliphatic hydroxyl groups is 3. The van der Waals surface area contributed by atoms with Gasteiger partial charge in [0.25, 0.3) is 0 Å². The molecule has 0 radical (unpaired) electrons. The lowest BCUT2D eigenvalue weighted by Crippen LogP contribution is -2.38. The van der Waals surface area contributed by atoms with Crippen LogP contribution in [0.2, 0.25) is 0 Å². The van der Waals surface area contributed by atoms with E-state index in [1.54, 1.807) is 0 Å². The number of anilines is 1. The Labute approximate surface area is 134 Å². The number of ether oxygens (including phenoxy) is 1. The molecule has 106 valence electrons. The van der Waals surface area contributed by atoms with Crippen LogP contribution in [0.25, 0.3) is 0 Å². The lowest BCUT2D eigenvalue weighted by Gasteiger charge is -2.19. The van der Waals surface area contributed by atoms with E-state index in [4.69, 9.17) is 15.6 Å². The third-order valence-electron chi connectivity index (χ3n) is 2.81. The van der Waals surface area contributed by atoms with Gasteiger partial charge in [-0.15, -0.1) is 0 Å². The summed E-state index contributed by atoms with van der Waals surface area (Å²) in [6.07, 6.45) is -4.65. The van der Waals surface area contributed by atoms with Crippen molar-refractivity contribution in [1.29, 1.82) is 0 Å². The molecule has 1 aromatic heterocycles. The van der Waals surface area contributed by atoms with Crippen molar-refractivity contribution in [2.45, 2.75) is 24.5 Å². The molecule has 2 rings (SSSR count). The molecule has 1 aliphatic heterocycles. The number of nitrogens with zero attached hydrogens (tertiary/aromatic N) is 2. The first-order valence-corrected chi connectivity index (χ1v) is 7.39. The van der Waals surface area contributed by atoms with E-state index < -0.39 is 36.8 Å². The third kappa shape index (κ3) is 2.61. The average Bonchev–Trinajstić information content (AvgIpc) is 2.64. The SMILES string of the molecule is Nc1nc(=O)n(C2O[C@H](CO)[C@@H](O)[C@H]2O)c(I)c1I. The van der Waals surface area contributed by atoms with Gasteiger partial charge in [0.15, 0.2) is 6.23 Å². The Morgan fingerprint density at radius 1 is 1.37 bits per heavy atom. The van der Waals surface area contributed by atoms with E-state index in [0.29, 0.717) is 7.27 Å². The van der Waals surface area contributed by atoms with Gasteiger partial charge < -0.3 is 25.8 Å². The van der Waals surface area contributed by atoms with Gasteiger partial charge in [-0.25, -0.2) is 4.79 Å². The smallest absolute Gasteiger partial charge is 0.352 e. The van der Waals surface area contributed by atoms with Crippen LogP contribution >= 0.6 is 45.2 Å². The topological polar surface area (TPSA) is 131 Å². The summed E-state index contributed by atoms with van der Waals surface area (Å²) >= 11 is 3.80. The fraction of sp³-hybridized carbons (Fsp3) is 0.556. The summed E-state index contributed by atoms with van der Waals surface area (Å²) in [5, 5.41) is 28.6. The molecular formula is C9H11I2N3O5. The van der Waals surface area contributed by atoms with Crippen molar-refractivity contribution >= 4 is 51.0 Å². The molecular weight excluding hydrogens is 484 g/mol. The van der Waals surface area contributed by atoms with E-state index >= 15 is 0 Å². The fourth-order valence-corrected chi connectivity index (χ4v) is 2.95. The van der Waals surface area contributed by atoms with Crippen molar-refractivity contribution in [3.63, 3.8) is 0 Å². The number of aliphatic hydroxyl groups excluding tert-OH is 3. The van der Waals surface area contributed by atoms with Crippen LogP contribution in [0.1, 0.15) is 6.23 Å². The molecule has 0 aromatic carbocycles. The van der Waals surface area contributed by atoms with Crippen LogP contribution in [0.5, 0.6) is 0 Å². The number of hydrogen-bond acceptors (Lipinski definition) is 7. The van der Waals surface area contributed by atoms with Crippen LogP contribution in [0.15, 0.2) is 4.79 Å². The highest BCUT2D eigenvalue weighted by Gasteiger charge is 2.44. The molecule has 8 nitrogen and oxygen atoms in total. The zero-order chi connectivity index (χ0) is 14.3. The van der Waals surface area contributed by atoms with Crippen LogP contribution in [0.3, 0.4) is 0 Å². The first kappa shape index (κ1) is 15.4. The number of nitrogen functional groups attached to an aromatic ring is 1. The van der Waals surface area contributed by atoms with Gasteiger partial charge in [-0.3, -0.25) is 4.57 Å². The molecule has 5 N–H and O–H groups in total. The number of halogens is 2. The molecule has 0 amide bonds. The number of rotatable bonds is 2. The molecule has 1 aromatic rings. The minimum absolute atomic E-state index is 0.0954. The van der Waals surface area contributed by atoms with Crippen molar-refractivity contribution in [1.82, 2.24) is 9.55 Å². The molecule has 1 saturated heterocycles. The normalized spacial score (nSPS) is 30.8. The van der Waals surface area contributed by atoms with Gasteiger partial charge >= 0.3 is 5.69 Å². The van der Waals surface area contributed by atoms with Crippen molar-refractivity contribution in [3.8, 4) is 0 Å². The van der Waals surface area contributed by atoms with Gasteiger partial charge in [-0.05, 0) is 45.2 Å². The molecule has 4 atom stereocenters. The molecule has 0 saturated carbocycles. The predicted octanol–water partition coefficient (Wildman–Crippen LogP) is -1.35. The van der Waals surface area contributed by atoms with Gasteiger partial charge in [0.05, 0.1) is 10.2 Å². The maximum absolute atomic E-state index is 11.9. The second kappa shape index (κ2) is 5.77. The summed E-state index contributed by atoms with van der Waals surface area (Å²) in [6.45, 7) is -0.459. The molecule has 0 bridgehead atoms. The van der Waals surface area contributed by atoms with Crippen LogP contribution in [0, 0.1) is 7.27 Å². The van der Waals surface area contributed by atoms with Gasteiger partial charge in [0, 0.05) is 0 Å². The minimum atomic E-state index is -1.33. The van der Waals surface area contributed by atoms with Gasteiger partial charge in [-0.1, -0.05) is 0 Å². The number of aromatic nitrogens is 2. The Morgan fingerprint density at radius 2 is 2.00 bits per heavy atom. The van der Waals surface area contributed by atoms with Crippen molar-refractivity contribution < 1.29 is 20.1 Å². The number of nitrogens with two attached hydrogens (primary N) is 1. The van der Waals surface area contributed by atoms with Crippen LogP contribution in [-0.4, -0.2) is 49.8 Å². The Hall–Kier alpha value is -0.0200. The molecule has 0 spiro atoms. The Morgan fingerprint density at radius 3 is 2.53 bits per heavy atom. The van der Waals surface area contributed by atoms with Crippen molar-refractivity contribution in [2.75, 3.05) is 12.3 Å². The van der Waals surface area contributed by atoms with Crippen molar-refractivity contribution in [2.24, 2.45) is 0 Å². The standard InChI is InChI=1S/C9H11I2N3O5/c10-3-6(11)14(9(18)13-7(3)12)8-5(17)4(16)2(1-15)19-8/h2,4-5,8,15-17H,1H2,(H2,12,13,18)/t2-,4-,5-,8?/m1/s1. The second-order valence-electron chi connectivity index (χ2n) is 3.98. The quantitative estimate of drug-likeness (QED) is 0.295. The van der Waals surface area contributed by atoms with Gasteiger partial charge in [-0.2, -0.15) is 4.98 Å². The number of hydrogen-bond donors (Lipinski definition) is 4. The molecule has 0 aliphatic carbocycles. The Balaban J connectivity index is 2.49. The molecule has 1 fully saturated rings. The zero-order valence-corrected chi connectivity index (χ0v) is 13.7. The summed E-state index contributed by atoms with van der Waals surface area (Å²) in [5.41, 5.74) is 4.89. The summed E-state index contributed by atoms with van der Waals surface area (Å²) in [6, 6.07) is 0. The lowest BCUT2D eigenvalue weighted by atomic mass is 10.1. The highest BCUT2D eigenvalue weighted by Crippen LogP contribution is 2.31. The largest absolute Gasteiger partial charge is 0.394 e. The van der Waals surface area contributed by atoms with Crippen LogP contribution < -0.4 is 11.4 Å². The van der Waals surface area contributed by atoms with E-state index in [0.717, 1.165) is 4.57 Å². The monoisotopic (exact) mass is 495 g/mol. The maximum atomic E-state index is 11.9. The summed E-state index contributed by atoms with van der Waals surface area (Å²) in [7, 11) is 0. The Kier molecular flexibility index (Phi) is 4.67. The lowest BCUT2D eigenvalue weighted by molar-refractivity contribution is -0.0563. The third-order valence-corrected chi connectivity index (χ3v) is 5.97. The molecule has 1 unspecified atom stereocenters. The molecule has 10 heteroatoms. The first-order valence-electron chi connectivity index (χ1n) is 5.24. The van der Waals surface area contributed by atoms with E-state index in [-0.39, 0.29) is 5.82 Å². The second-order valence-corrected chi connectivity index (χ2v) is 6.08. The average molecular weight is 495 g/mol. The van der Waals surface area contributed by atoms with E-state index in [9.17, 15) is 15.0 Å². The van der Waals surface area contributed by atoms with Gasteiger partial charge in [0.2, 0.25) is 0 Å². The summed E-state index contributed by atoms with van der Waals surface area (Å²) < 4.78 is 7.42. The van der Waals surface area contributed by atoms with E-state index in [1.165, 1.54) is 0 Å². The van der Waals surface area contributed by atoms with Crippen LogP contribution in [0.4, 0.5) is 5.82 Å². The first-order chi connectivity index (χ1) is 8.88. The Bertz CT molecular complexity index is 551. The van der Waals surface area contributed by atoms with E-state index in [1.807, 2.05) is 45.2 Å². The van der Waals surface area contributed by atoms with Crippen LogP contribution in [-0.2, 0) is 4.74 Å². The summed E-state index contributed by atoms with van der Waals surface area (Å²) in [5.74, 6) is 0.0954. The molecule has 1 aliphatic rings. The summed E-state index contributed by atoms with van der Waals surface area (Å²) in [4.78, 5) is 15.5. The highest BCUT2D eigenvalue weighted by atomic mass is 127.